The van der Waals surface area contributed by atoms with Gasteiger partial charge in [0.25, 0.3) is 0 Å². The third-order valence-corrected chi connectivity index (χ3v) is 2.54. The van der Waals surface area contributed by atoms with Crippen LogP contribution < -0.4 is 0 Å². The van der Waals surface area contributed by atoms with Crippen LogP contribution in [0.5, 0.6) is 0 Å². The molecule has 3 nitrogen and oxygen atoms in total. The average Bonchev–Trinajstić information content (AvgIpc) is 2.62. The predicted octanol–water partition coefficient (Wildman–Crippen LogP) is 0.522. The summed E-state index contributed by atoms with van der Waals surface area (Å²) in [5, 5.41) is 0. The van der Waals surface area contributed by atoms with Crippen LogP contribution in [0.4, 0.5) is 0 Å². The monoisotopic (exact) mass is 156 g/mol. The van der Waals surface area contributed by atoms with E-state index in [4.69, 9.17) is 9.47 Å². The molecule has 0 amide bonds. The van der Waals surface area contributed by atoms with Crippen LogP contribution in [0.25, 0.3) is 0 Å². The van der Waals surface area contributed by atoms with Gasteiger partial charge in [0, 0.05) is 6.42 Å². The maximum atomic E-state index is 11.1. The summed E-state index contributed by atoms with van der Waals surface area (Å²) in [5.41, 5.74) is -0.535. The first-order chi connectivity index (χ1) is 5.15. The molecule has 2 saturated heterocycles. The van der Waals surface area contributed by atoms with Gasteiger partial charge in [0.15, 0.2) is 11.4 Å². The molecule has 0 aromatic carbocycles. The van der Waals surface area contributed by atoms with Crippen LogP contribution in [-0.4, -0.2) is 30.2 Å². The summed E-state index contributed by atoms with van der Waals surface area (Å²) in [6.45, 7) is 4.03. The van der Waals surface area contributed by atoms with Crippen molar-refractivity contribution in [3.05, 3.63) is 0 Å². The lowest BCUT2D eigenvalue weighted by Gasteiger charge is -2.20. The van der Waals surface area contributed by atoms with E-state index in [0.29, 0.717) is 6.61 Å². The van der Waals surface area contributed by atoms with Gasteiger partial charge in [0.05, 0.1) is 18.8 Å². The molecule has 0 aromatic rings. The Bertz CT molecular complexity index is 202. The van der Waals surface area contributed by atoms with Crippen molar-refractivity contribution in [1.82, 2.24) is 0 Å². The van der Waals surface area contributed by atoms with E-state index in [0.717, 1.165) is 6.42 Å². The Balaban J connectivity index is 2.08. The summed E-state index contributed by atoms with van der Waals surface area (Å²) < 4.78 is 10.7. The van der Waals surface area contributed by atoms with Crippen molar-refractivity contribution >= 4 is 5.78 Å². The van der Waals surface area contributed by atoms with Gasteiger partial charge in [0.2, 0.25) is 0 Å². The number of hydrogen-bond donors (Lipinski definition) is 0. The number of rotatable bonds is 1. The summed E-state index contributed by atoms with van der Waals surface area (Å²) in [5.74, 6) is 0.106. The normalized spacial score (nSPS) is 48.2. The zero-order chi connectivity index (χ0) is 8.06. The molecule has 2 fully saturated rings. The lowest BCUT2D eigenvalue weighted by atomic mass is 9.96. The van der Waals surface area contributed by atoms with E-state index in [1.807, 2.05) is 6.92 Å². The fraction of sp³-hybridized carbons (Fsp3) is 0.875. The number of Topliss-reactive ketones (excluding diaryl/α,β-unsaturated/α-hetero) is 1. The first-order valence-electron chi connectivity index (χ1n) is 3.95. The van der Waals surface area contributed by atoms with Gasteiger partial charge in [0.1, 0.15) is 0 Å². The lowest BCUT2D eigenvalue weighted by molar-refractivity contribution is -0.125. The molecule has 0 saturated carbocycles. The molecule has 0 aromatic heterocycles. The van der Waals surface area contributed by atoms with Gasteiger partial charge in [-0.05, 0) is 13.8 Å². The van der Waals surface area contributed by atoms with Gasteiger partial charge in [-0.15, -0.1) is 0 Å². The number of epoxide rings is 1. The largest absolute Gasteiger partial charge is 0.375 e. The Morgan fingerprint density at radius 3 is 2.91 bits per heavy atom. The van der Waals surface area contributed by atoms with E-state index in [9.17, 15) is 4.79 Å². The minimum absolute atomic E-state index is 0.106. The van der Waals surface area contributed by atoms with Gasteiger partial charge in [-0.25, -0.2) is 0 Å². The van der Waals surface area contributed by atoms with Crippen molar-refractivity contribution < 1.29 is 14.3 Å². The van der Waals surface area contributed by atoms with Crippen molar-refractivity contribution in [2.45, 2.75) is 38.1 Å². The Labute approximate surface area is 65.7 Å². The first-order valence-corrected chi connectivity index (χ1v) is 3.95. The molecular weight excluding hydrogens is 144 g/mol. The molecule has 0 N–H and O–H groups in total. The molecule has 0 bridgehead atoms. The number of hydrogen-bond acceptors (Lipinski definition) is 3. The van der Waals surface area contributed by atoms with Crippen molar-refractivity contribution in [1.29, 1.82) is 0 Å². The quantitative estimate of drug-likeness (QED) is 0.519. The summed E-state index contributed by atoms with van der Waals surface area (Å²) in [7, 11) is 0. The second-order valence-electron chi connectivity index (χ2n) is 3.41. The molecule has 2 heterocycles. The van der Waals surface area contributed by atoms with E-state index in [-0.39, 0.29) is 18.0 Å². The van der Waals surface area contributed by atoms with Crippen LogP contribution in [0.3, 0.4) is 0 Å². The summed E-state index contributed by atoms with van der Waals surface area (Å²) in [6.07, 6.45) is 1.25. The van der Waals surface area contributed by atoms with E-state index in [1.54, 1.807) is 6.92 Å². The number of fused-ring (bicyclic) bond motifs is 1. The SMILES string of the molecule is CC(=O)[C@]12CO[C@H](C)CC1O2. The highest BCUT2D eigenvalue weighted by atomic mass is 16.7. The number of carbonyl (C=O) groups excluding carboxylic acids is 1. The fourth-order valence-corrected chi connectivity index (χ4v) is 1.63. The molecule has 1 unspecified atom stereocenters. The van der Waals surface area contributed by atoms with Crippen LogP contribution in [0.15, 0.2) is 0 Å². The van der Waals surface area contributed by atoms with Gasteiger partial charge in [-0.1, -0.05) is 0 Å². The predicted molar refractivity (Wildman–Crippen MR) is 38.3 cm³/mol. The Kier molecular flexibility index (Phi) is 1.35. The van der Waals surface area contributed by atoms with Gasteiger partial charge in [-0.2, -0.15) is 0 Å². The van der Waals surface area contributed by atoms with Crippen molar-refractivity contribution in [2.75, 3.05) is 6.61 Å². The van der Waals surface area contributed by atoms with Crippen LogP contribution in [-0.2, 0) is 14.3 Å². The molecule has 2 rings (SSSR count). The Morgan fingerprint density at radius 2 is 2.36 bits per heavy atom. The third-order valence-electron chi connectivity index (χ3n) is 2.54. The molecule has 0 radical (unpaired) electrons. The second kappa shape index (κ2) is 2.05. The summed E-state index contributed by atoms with van der Waals surface area (Å²) >= 11 is 0. The molecule has 11 heavy (non-hydrogen) atoms. The molecule has 2 aliphatic heterocycles. The van der Waals surface area contributed by atoms with Crippen LogP contribution in [0, 0.1) is 0 Å². The van der Waals surface area contributed by atoms with E-state index in [1.165, 1.54) is 0 Å². The highest BCUT2D eigenvalue weighted by molar-refractivity contribution is 5.88. The van der Waals surface area contributed by atoms with E-state index < -0.39 is 5.60 Å². The fourth-order valence-electron chi connectivity index (χ4n) is 1.63. The van der Waals surface area contributed by atoms with Crippen molar-refractivity contribution in [2.24, 2.45) is 0 Å². The van der Waals surface area contributed by atoms with Crippen LogP contribution >= 0.6 is 0 Å². The zero-order valence-electron chi connectivity index (χ0n) is 6.79. The maximum Gasteiger partial charge on any atom is 0.175 e. The zero-order valence-corrected chi connectivity index (χ0v) is 6.79. The second-order valence-corrected chi connectivity index (χ2v) is 3.41. The minimum Gasteiger partial charge on any atom is -0.375 e. The van der Waals surface area contributed by atoms with Gasteiger partial charge in [-0.3, -0.25) is 4.79 Å². The highest BCUT2D eigenvalue weighted by Gasteiger charge is 2.63. The Morgan fingerprint density at radius 1 is 1.64 bits per heavy atom. The Hall–Kier alpha value is -0.410. The van der Waals surface area contributed by atoms with E-state index >= 15 is 0 Å². The smallest absolute Gasteiger partial charge is 0.175 e. The summed E-state index contributed by atoms with van der Waals surface area (Å²) in [6, 6.07) is 0. The lowest BCUT2D eigenvalue weighted by Crippen LogP contribution is -2.37. The number of ether oxygens (including phenoxy) is 2. The number of ketones is 1. The van der Waals surface area contributed by atoms with Gasteiger partial charge >= 0.3 is 0 Å². The third kappa shape index (κ3) is 0.914. The highest BCUT2D eigenvalue weighted by Crippen LogP contribution is 2.44. The van der Waals surface area contributed by atoms with Crippen molar-refractivity contribution in [3.8, 4) is 0 Å². The molecular formula is C8H12O3. The molecule has 3 atom stereocenters. The minimum atomic E-state index is -0.535. The average molecular weight is 156 g/mol. The molecule has 0 spiro atoms. The maximum absolute atomic E-state index is 11.1. The standard InChI is InChI=1S/C8H12O3/c1-5-3-7-8(11-7,4-10-5)6(2)9/h5,7H,3-4H2,1-2H3/t5-,7?,8-/m1/s1. The topological polar surface area (TPSA) is 38.8 Å². The van der Waals surface area contributed by atoms with Crippen LogP contribution in [0.1, 0.15) is 20.3 Å². The van der Waals surface area contributed by atoms with Crippen LogP contribution in [0.2, 0.25) is 0 Å². The van der Waals surface area contributed by atoms with E-state index in [2.05, 4.69) is 0 Å². The van der Waals surface area contributed by atoms with Crippen molar-refractivity contribution in [3.63, 3.8) is 0 Å². The molecule has 0 aliphatic carbocycles. The summed E-state index contributed by atoms with van der Waals surface area (Å²) in [4.78, 5) is 11.1. The van der Waals surface area contributed by atoms with Gasteiger partial charge < -0.3 is 9.47 Å². The molecule has 3 heteroatoms. The molecule has 2 aliphatic rings. The first kappa shape index (κ1) is 7.25. The molecule has 62 valence electrons. The number of carbonyl (C=O) groups is 1.